The highest BCUT2D eigenvalue weighted by molar-refractivity contribution is 5.46. The zero-order chi connectivity index (χ0) is 30.9. The van der Waals surface area contributed by atoms with E-state index in [0.29, 0.717) is 23.5 Å². The fourth-order valence-corrected chi connectivity index (χ4v) is 7.41. The maximum absolute atomic E-state index is 15.9. The van der Waals surface area contributed by atoms with Gasteiger partial charge in [0.1, 0.15) is 29.7 Å². The van der Waals surface area contributed by atoms with Gasteiger partial charge in [-0.3, -0.25) is 4.90 Å². The largest absolute Gasteiger partial charge is 0.490 e. The van der Waals surface area contributed by atoms with E-state index < -0.39 is 42.0 Å². The minimum Gasteiger partial charge on any atom is -0.490 e. The standard InChI is InChI=1S/C35H39F5N2O2/c1-23-15-25-16-26(43-21-24-7-3-2-4-8-24)9-10-29(25)33(42(23)22-35(38,39)40)32-30(36)17-27(18-31(32)37)44-28-19-34(20-28)11-5-13-41-14-6-12-34/h2-4,7-10,16-18,23,28,33,41H,5-6,11-15,19-22H2,1H3/t23-,33?/m1/s1. The molecule has 1 spiro atoms. The van der Waals surface area contributed by atoms with Gasteiger partial charge in [-0.15, -0.1) is 0 Å². The molecule has 0 radical (unpaired) electrons. The van der Waals surface area contributed by atoms with Crippen molar-refractivity contribution in [1.29, 1.82) is 0 Å². The molecule has 0 bridgehead atoms. The Morgan fingerprint density at radius 1 is 0.909 bits per heavy atom. The molecule has 6 rings (SSSR count). The number of halogens is 5. The summed E-state index contributed by atoms with van der Waals surface area (Å²) in [6.07, 6.45) is 1.71. The number of hydrogen-bond donors (Lipinski definition) is 1. The first kappa shape index (κ1) is 30.8. The van der Waals surface area contributed by atoms with Gasteiger partial charge >= 0.3 is 6.18 Å². The highest BCUT2D eigenvalue weighted by Gasteiger charge is 2.46. The number of rotatable bonds is 7. The van der Waals surface area contributed by atoms with Gasteiger partial charge in [-0.25, -0.2) is 8.78 Å². The van der Waals surface area contributed by atoms with Crippen molar-refractivity contribution in [3.63, 3.8) is 0 Å². The van der Waals surface area contributed by atoms with Crippen LogP contribution >= 0.6 is 0 Å². The lowest BCUT2D eigenvalue weighted by atomic mass is 9.61. The molecule has 2 fully saturated rings. The van der Waals surface area contributed by atoms with Gasteiger partial charge in [-0.1, -0.05) is 36.4 Å². The lowest BCUT2D eigenvalue weighted by Crippen LogP contribution is -2.47. The Bertz CT molecular complexity index is 1410. The number of ether oxygens (including phenoxy) is 2. The van der Waals surface area contributed by atoms with Crippen molar-refractivity contribution in [2.75, 3.05) is 19.6 Å². The Kier molecular flexibility index (Phi) is 8.88. The zero-order valence-electron chi connectivity index (χ0n) is 24.9. The van der Waals surface area contributed by atoms with E-state index in [9.17, 15) is 13.2 Å². The molecule has 236 valence electrons. The highest BCUT2D eigenvalue weighted by Crippen LogP contribution is 2.50. The topological polar surface area (TPSA) is 33.7 Å². The molecule has 9 heteroatoms. The first-order valence-corrected chi connectivity index (χ1v) is 15.6. The van der Waals surface area contributed by atoms with Crippen LogP contribution in [-0.2, 0) is 13.0 Å². The van der Waals surface area contributed by atoms with Gasteiger partial charge in [0.15, 0.2) is 0 Å². The molecule has 0 aromatic heterocycles. The monoisotopic (exact) mass is 614 g/mol. The zero-order valence-corrected chi connectivity index (χ0v) is 24.9. The van der Waals surface area contributed by atoms with Crippen molar-refractivity contribution in [1.82, 2.24) is 10.2 Å². The summed E-state index contributed by atoms with van der Waals surface area (Å²) in [6, 6.07) is 15.0. The fraction of sp³-hybridized carbons (Fsp3) is 0.486. The van der Waals surface area contributed by atoms with E-state index in [0.717, 1.165) is 74.2 Å². The first-order valence-electron chi connectivity index (χ1n) is 15.6. The Balaban J connectivity index is 1.25. The van der Waals surface area contributed by atoms with Crippen molar-refractivity contribution < 1.29 is 31.4 Å². The van der Waals surface area contributed by atoms with Gasteiger partial charge in [0.2, 0.25) is 0 Å². The smallest absolute Gasteiger partial charge is 0.401 e. The van der Waals surface area contributed by atoms with Crippen molar-refractivity contribution in [2.45, 2.75) is 82.8 Å². The van der Waals surface area contributed by atoms with E-state index in [1.807, 2.05) is 30.3 Å². The molecule has 4 nitrogen and oxygen atoms in total. The van der Waals surface area contributed by atoms with Crippen LogP contribution in [0.2, 0.25) is 0 Å². The minimum absolute atomic E-state index is 0.0761. The number of hydrogen-bond acceptors (Lipinski definition) is 4. The molecule has 2 heterocycles. The average Bonchev–Trinajstić information content (AvgIpc) is 2.93. The predicted octanol–water partition coefficient (Wildman–Crippen LogP) is 8.13. The molecule has 1 aliphatic carbocycles. The van der Waals surface area contributed by atoms with Crippen molar-refractivity contribution in [2.24, 2.45) is 5.41 Å². The second-order valence-electron chi connectivity index (χ2n) is 12.8. The quantitative estimate of drug-likeness (QED) is 0.273. The molecule has 1 N–H and O–H groups in total. The molecular formula is C35H39F5N2O2. The van der Waals surface area contributed by atoms with E-state index in [1.165, 1.54) is 0 Å². The molecule has 3 aromatic rings. The molecule has 44 heavy (non-hydrogen) atoms. The number of nitrogens with one attached hydrogen (secondary N) is 1. The third-order valence-electron chi connectivity index (χ3n) is 9.50. The van der Waals surface area contributed by atoms with Gasteiger partial charge in [-0.2, -0.15) is 13.2 Å². The normalized spacial score (nSPS) is 22.5. The Hall–Kier alpha value is -3.17. The van der Waals surface area contributed by atoms with Gasteiger partial charge < -0.3 is 14.8 Å². The summed E-state index contributed by atoms with van der Waals surface area (Å²) >= 11 is 0. The van der Waals surface area contributed by atoms with Crippen LogP contribution in [0.25, 0.3) is 0 Å². The number of alkyl halides is 3. The molecule has 2 atom stereocenters. The molecule has 0 amide bonds. The summed E-state index contributed by atoms with van der Waals surface area (Å²) < 4.78 is 85.1. The Morgan fingerprint density at radius 3 is 2.25 bits per heavy atom. The third-order valence-corrected chi connectivity index (χ3v) is 9.50. The van der Waals surface area contributed by atoms with Gasteiger partial charge in [0, 0.05) is 23.7 Å². The van der Waals surface area contributed by atoms with E-state index in [2.05, 4.69) is 5.32 Å². The van der Waals surface area contributed by atoms with E-state index in [4.69, 9.17) is 9.47 Å². The maximum Gasteiger partial charge on any atom is 0.401 e. The predicted molar refractivity (Wildman–Crippen MR) is 159 cm³/mol. The van der Waals surface area contributed by atoms with Gasteiger partial charge in [0.25, 0.3) is 0 Å². The first-order chi connectivity index (χ1) is 21.1. The lowest BCUT2D eigenvalue weighted by Gasteiger charge is -2.48. The molecule has 3 aromatic carbocycles. The second kappa shape index (κ2) is 12.7. The summed E-state index contributed by atoms with van der Waals surface area (Å²) in [4.78, 5) is 1.15. The van der Waals surface area contributed by atoms with Crippen LogP contribution in [0.1, 0.15) is 73.7 Å². The Morgan fingerprint density at radius 2 is 1.59 bits per heavy atom. The van der Waals surface area contributed by atoms with Crippen LogP contribution < -0.4 is 14.8 Å². The Labute approximate surface area is 255 Å². The van der Waals surface area contributed by atoms with E-state index >= 15 is 8.78 Å². The second-order valence-corrected chi connectivity index (χ2v) is 12.8. The lowest BCUT2D eigenvalue weighted by molar-refractivity contribution is -0.155. The van der Waals surface area contributed by atoms with Crippen LogP contribution in [0.15, 0.2) is 60.7 Å². The minimum atomic E-state index is -4.55. The molecule has 1 unspecified atom stereocenters. The van der Waals surface area contributed by atoms with Crippen molar-refractivity contribution >= 4 is 0 Å². The van der Waals surface area contributed by atoms with E-state index in [-0.39, 0.29) is 23.7 Å². The molecule has 1 saturated heterocycles. The highest BCUT2D eigenvalue weighted by atomic mass is 19.4. The molecule has 3 aliphatic rings. The summed E-state index contributed by atoms with van der Waals surface area (Å²) in [7, 11) is 0. The SMILES string of the molecule is C[C@@H]1Cc2cc(OCc3ccccc3)ccc2C(c2c(F)cc(OC3CC4(CCCNCCC4)C3)cc2F)N1CC(F)(F)F. The summed E-state index contributed by atoms with van der Waals surface area (Å²) in [5.74, 6) is -1.20. The molecule has 2 aliphatic heterocycles. The number of nitrogens with zero attached hydrogens (tertiary/aromatic N) is 1. The van der Waals surface area contributed by atoms with Gasteiger partial charge in [-0.05, 0) is 99.2 Å². The average molecular weight is 615 g/mol. The van der Waals surface area contributed by atoms with Crippen LogP contribution in [0.3, 0.4) is 0 Å². The molecular weight excluding hydrogens is 575 g/mol. The fourth-order valence-electron chi connectivity index (χ4n) is 7.41. The third kappa shape index (κ3) is 6.89. The summed E-state index contributed by atoms with van der Waals surface area (Å²) in [6.45, 7) is 2.69. The number of benzene rings is 3. The van der Waals surface area contributed by atoms with Crippen molar-refractivity contribution in [3.05, 3.63) is 94.6 Å². The van der Waals surface area contributed by atoms with Gasteiger partial charge in [0.05, 0.1) is 18.7 Å². The number of fused-ring (bicyclic) bond motifs is 1. The maximum atomic E-state index is 15.9. The van der Waals surface area contributed by atoms with Crippen LogP contribution in [0, 0.1) is 17.0 Å². The van der Waals surface area contributed by atoms with Crippen molar-refractivity contribution in [3.8, 4) is 11.5 Å². The van der Waals surface area contributed by atoms with Crippen LogP contribution in [-0.4, -0.2) is 42.9 Å². The van der Waals surface area contributed by atoms with Crippen LogP contribution in [0.4, 0.5) is 22.0 Å². The summed E-state index contributed by atoms with van der Waals surface area (Å²) in [5, 5.41) is 3.42. The van der Waals surface area contributed by atoms with Crippen LogP contribution in [0.5, 0.6) is 11.5 Å². The van der Waals surface area contributed by atoms with E-state index in [1.54, 1.807) is 25.1 Å². The summed E-state index contributed by atoms with van der Waals surface area (Å²) in [5.41, 5.74) is 1.95. The molecule has 1 saturated carbocycles.